The fraction of sp³-hybridized carbons (Fsp3) is 0.304. The third-order valence-electron chi connectivity index (χ3n) is 5.78. The zero-order chi connectivity index (χ0) is 21.2. The van der Waals surface area contributed by atoms with E-state index in [0.717, 1.165) is 17.8 Å². The average Bonchev–Trinajstić information content (AvgIpc) is 3.47. The highest BCUT2D eigenvalue weighted by Gasteiger charge is 2.25. The Balaban J connectivity index is 1.23. The standard InChI is InChI=1S/C23H24ClN5O2/c24-18-4-1-3-17-20(11-14-31-22(17)18)26-23(30)27-21-10-13-29(28-21)16-8-6-15(7-9-16)19-5-2-12-25-19/h1,3-4,6-10,13,19-20,25H,2,5,11-12,14H2,(H2,26,27,28,30)/t19?,20-/m0/s1. The molecular weight excluding hydrogens is 414 g/mol. The van der Waals surface area contributed by atoms with Crippen molar-refractivity contribution < 1.29 is 9.53 Å². The van der Waals surface area contributed by atoms with Crippen LogP contribution in [0, 0.1) is 0 Å². The molecule has 8 heteroatoms. The largest absolute Gasteiger partial charge is 0.492 e. The number of carbonyl (C=O) groups excluding carboxylic acids is 1. The van der Waals surface area contributed by atoms with Gasteiger partial charge in [0.2, 0.25) is 0 Å². The number of aromatic nitrogens is 2. The van der Waals surface area contributed by atoms with E-state index in [4.69, 9.17) is 16.3 Å². The van der Waals surface area contributed by atoms with Gasteiger partial charge in [-0.05, 0) is 43.1 Å². The molecule has 3 heterocycles. The highest BCUT2D eigenvalue weighted by molar-refractivity contribution is 6.32. The molecule has 160 valence electrons. The Morgan fingerprint density at radius 3 is 2.84 bits per heavy atom. The van der Waals surface area contributed by atoms with E-state index >= 15 is 0 Å². The second-order valence-electron chi connectivity index (χ2n) is 7.83. The van der Waals surface area contributed by atoms with Crippen LogP contribution in [0.4, 0.5) is 10.6 Å². The first kappa shape index (κ1) is 19.9. The SMILES string of the molecule is O=C(Nc1ccn(-c2ccc(C3CCCN3)cc2)n1)N[C@H]1CCOc2c(Cl)cccc21. The molecule has 1 unspecified atom stereocenters. The molecular formula is C23H24ClN5O2. The van der Waals surface area contributed by atoms with Crippen molar-refractivity contribution in [1.82, 2.24) is 20.4 Å². The molecule has 1 fully saturated rings. The van der Waals surface area contributed by atoms with E-state index in [1.807, 2.05) is 18.3 Å². The van der Waals surface area contributed by atoms with Crippen LogP contribution in [0.25, 0.3) is 5.69 Å². The van der Waals surface area contributed by atoms with E-state index in [9.17, 15) is 4.79 Å². The van der Waals surface area contributed by atoms with Gasteiger partial charge < -0.3 is 15.4 Å². The number of hydrogen-bond donors (Lipinski definition) is 3. The van der Waals surface area contributed by atoms with Gasteiger partial charge in [-0.25, -0.2) is 9.48 Å². The summed E-state index contributed by atoms with van der Waals surface area (Å²) in [5, 5.41) is 14.4. The molecule has 1 saturated heterocycles. The Morgan fingerprint density at radius 2 is 2.03 bits per heavy atom. The summed E-state index contributed by atoms with van der Waals surface area (Å²) in [6, 6.07) is 15.7. The van der Waals surface area contributed by atoms with E-state index in [2.05, 4.69) is 45.3 Å². The first-order chi connectivity index (χ1) is 15.2. The molecule has 5 rings (SSSR count). The molecule has 0 spiro atoms. The first-order valence-corrected chi connectivity index (χ1v) is 10.9. The second-order valence-corrected chi connectivity index (χ2v) is 8.24. The van der Waals surface area contributed by atoms with Crippen molar-refractivity contribution >= 4 is 23.4 Å². The van der Waals surface area contributed by atoms with Crippen molar-refractivity contribution in [2.24, 2.45) is 0 Å². The van der Waals surface area contributed by atoms with Crippen LogP contribution >= 0.6 is 11.6 Å². The third-order valence-corrected chi connectivity index (χ3v) is 6.08. The lowest BCUT2D eigenvalue weighted by Gasteiger charge is -2.27. The number of para-hydroxylation sites is 1. The van der Waals surface area contributed by atoms with Crippen LogP contribution < -0.4 is 20.7 Å². The number of nitrogens with one attached hydrogen (secondary N) is 3. The van der Waals surface area contributed by atoms with Crippen LogP contribution in [0.5, 0.6) is 5.75 Å². The van der Waals surface area contributed by atoms with Gasteiger partial charge in [-0.15, -0.1) is 5.10 Å². The van der Waals surface area contributed by atoms with Crippen LogP contribution in [-0.2, 0) is 0 Å². The van der Waals surface area contributed by atoms with Crippen LogP contribution in [0.2, 0.25) is 5.02 Å². The van der Waals surface area contributed by atoms with Crippen molar-refractivity contribution in [3.63, 3.8) is 0 Å². The van der Waals surface area contributed by atoms with Gasteiger partial charge in [0.1, 0.15) is 5.75 Å². The molecule has 0 radical (unpaired) electrons. The Labute approximate surface area is 185 Å². The van der Waals surface area contributed by atoms with Gasteiger partial charge in [-0.3, -0.25) is 5.32 Å². The molecule has 3 aromatic rings. The fourth-order valence-corrected chi connectivity index (χ4v) is 4.45. The quantitative estimate of drug-likeness (QED) is 0.557. The van der Waals surface area contributed by atoms with Gasteiger partial charge in [0.05, 0.1) is 23.4 Å². The number of urea groups is 1. The van der Waals surface area contributed by atoms with Crippen LogP contribution in [-0.4, -0.2) is 29.0 Å². The fourth-order valence-electron chi connectivity index (χ4n) is 4.21. The van der Waals surface area contributed by atoms with Crippen LogP contribution in [0.15, 0.2) is 54.7 Å². The maximum absolute atomic E-state index is 12.6. The summed E-state index contributed by atoms with van der Waals surface area (Å²) in [5.74, 6) is 1.12. The normalized spacial score (nSPS) is 20.0. The number of fused-ring (bicyclic) bond motifs is 1. The van der Waals surface area contributed by atoms with Crippen LogP contribution in [0.3, 0.4) is 0 Å². The number of hydrogen-bond acceptors (Lipinski definition) is 4. The molecule has 2 aliphatic rings. The lowest BCUT2D eigenvalue weighted by molar-refractivity contribution is 0.232. The maximum Gasteiger partial charge on any atom is 0.320 e. The Hall–Kier alpha value is -3.03. The minimum atomic E-state index is -0.314. The molecule has 0 saturated carbocycles. The maximum atomic E-state index is 12.6. The Kier molecular flexibility index (Phi) is 5.53. The predicted molar refractivity (Wildman–Crippen MR) is 120 cm³/mol. The Bertz CT molecular complexity index is 1080. The zero-order valence-electron chi connectivity index (χ0n) is 17.0. The zero-order valence-corrected chi connectivity index (χ0v) is 17.7. The summed E-state index contributed by atoms with van der Waals surface area (Å²) in [7, 11) is 0. The number of anilines is 1. The molecule has 1 aromatic heterocycles. The summed E-state index contributed by atoms with van der Waals surface area (Å²) in [4.78, 5) is 12.6. The lowest BCUT2D eigenvalue weighted by atomic mass is 10.0. The summed E-state index contributed by atoms with van der Waals surface area (Å²) in [5.41, 5.74) is 3.13. The third kappa shape index (κ3) is 4.24. The van der Waals surface area contributed by atoms with Gasteiger partial charge in [-0.1, -0.05) is 35.9 Å². The molecule has 0 aliphatic carbocycles. The molecule has 2 aliphatic heterocycles. The summed E-state index contributed by atoms with van der Waals surface area (Å²) < 4.78 is 7.41. The molecule has 31 heavy (non-hydrogen) atoms. The topological polar surface area (TPSA) is 80.2 Å². The van der Waals surface area contributed by atoms with Gasteiger partial charge in [0.15, 0.2) is 5.82 Å². The number of rotatable bonds is 4. The van der Waals surface area contributed by atoms with Gasteiger partial charge >= 0.3 is 6.03 Å². The molecule has 2 aromatic carbocycles. The van der Waals surface area contributed by atoms with E-state index in [1.165, 1.54) is 18.4 Å². The average molecular weight is 438 g/mol. The van der Waals surface area contributed by atoms with Crippen molar-refractivity contribution in [2.75, 3.05) is 18.5 Å². The monoisotopic (exact) mass is 437 g/mol. The van der Waals surface area contributed by atoms with Crippen molar-refractivity contribution in [2.45, 2.75) is 31.3 Å². The van der Waals surface area contributed by atoms with E-state index in [-0.39, 0.29) is 12.1 Å². The minimum absolute atomic E-state index is 0.165. The van der Waals surface area contributed by atoms with E-state index < -0.39 is 0 Å². The minimum Gasteiger partial charge on any atom is -0.492 e. The first-order valence-electron chi connectivity index (χ1n) is 10.6. The van der Waals surface area contributed by atoms with E-state index in [1.54, 1.807) is 16.8 Å². The van der Waals surface area contributed by atoms with Crippen molar-refractivity contribution in [1.29, 1.82) is 0 Å². The lowest BCUT2D eigenvalue weighted by Crippen LogP contribution is -2.35. The molecule has 2 amide bonds. The number of ether oxygens (including phenoxy) is 1. The Morgan fingerprint density at radius 1 is 1.16 bits per heavy atom. The van der Waals surface area contributed by atoms with Gasteiger partial charge in [0.25, 0.3) is 0 Å². The highest BCUT2D eigenvalue weighted by Crippen LogP contribution is 2.37. The number of benzene rings is 2. The number of carbonyl (C=O) groups is 1. The number of nitrogens with zero attached hydrogens (tertiary/aromatic N) is 2. The summed E-state index contributed by atoms with van der Waals surface area (Å²) in [6.07, 6.45) is 4.91. The van der Waals surface area contributed by atoms with Crippen molar-refractivity contribution in [3.05, 3.63) is 70.9 Å². The van der Waals surface area contributed by atoms with Gasteiger partial charge in [-0.2, -0.15) is 0 Å². The van der Waals surface area contributed by atoms with Crippen LogP contribution in [0.1, 0.15) is 42.5 Å². The smallest absolute Gasteiger partial charge is 0.320 e. The molecule has 3 N–H and O–H groups in total. The molecule has 2 atom stereocenters. The predicted octanol–water partition coefficient (Wildman–Crippen LogP) is 4.60. The number of amides is 2. The van der Waals surface area contributed by atoms with Gasteiger partial charge in [0, 0.05) is 30.3 Å². The second kappa shape index (κ2) is 8.61. The highest BCUT2D eigenvalue weighted by atomic mass is 35.5. The molecule has 0 bridgehead atoms. The van der Waals surface area contributed by atoms with E-state index in [0.29, 0.717) is 35.7 Å². The summed E-state index contributed by atoms with van der Waals surface area (Å²) >= 11 is 6.21. The summed E-state index contributed by atoms with van der Waals surface area (Å²) in [6.45, 7) is 1.58. The van der Waals surface area contributed by atoms with Crippen molar-refractivity contribution in [3.8, 4) is 11.4 Å². The number of halogens is 1. The molecule has 7 nitrogen and oxygen atoms in total.